The van der Waals surface area contributed by atoms with Gasteiger partial charge in [0.15, 0.2) is 5.58 Å². The number of carbonyl (C=O) groups is 3. The van der Waals surface area contributed by atoms with Gasteiger partial charge in [-0.25, -0.2) is 0 Å². The molecule has 0 aliphatic carbocycles. The molecule has 2 saturated heterocycles. The Hall–Kier alpha value is -2.90. The van der Waals surface area contributed by atoms with Crippen molar-refractivity contribution in [2.75, 3.05) is 31.1 Å². The molecule has 0 saturated carbocycles. The summed E-state index contributed by atoms with van der Waals surface area (Å²) in [4.78, 5) is 42.9. The van der Waals surface area contributed by atoms with E-state index in [0.717, 1.165) is 41.9 Å². The first-order chi connectivity index (χ1) is 13.1. The number of hydrogen-bond acceptors (Lipinski definition) is 6. The van der Waals surface area contributed by atoms with Crippen molar-refractivity contribution in [3.63, 3.8) is 0 Å². The monoisotopic (exact) mass is 370 g/mol. The van der Waals surface area contributed by atoms with Crippen LogP contribution in [0, 0.1) is 5.92 Å². The van der Waals surface area contributed by atoms with Gasteiger partial charge in [-0.1, -0.05) is 12.1 Å². The van der Waals surface area contributed by atoms with Crippen molar-refractivity contribution in [1.82, 2.24) is 15.2 Å². The van der Waals surface area contributed by atoms with E-state index in [-0.39, 0.29) is 37.1 Å². The maximum absolute atomic E-state index is 12.0. The van der Waals surface area contributed by atoms with Crippen molar-refractivity contribution in [2.24, 2.45) is 5.92 Å². The Morgan fingerprint density at radius 1 is 1.15 bits per heavy atom. The molecular weight excluding hydrogens is 348 g/mol. The molecule has 2 aliphatic rings. The summed E-state index contributed by atoms with van der Waals surface area (Å²) in [6.45, 7) is 2.02. The third-order valence-corrected chi connectivity index (χ3v) is 5.21. The number of rotatable bonds is 5. The van der Waals surface area contributed by atoms with Crippen molar-refractivity contribution in [3.8, 4) is 0 Å². The van der Waals surface area contributed by atoms with Crippen molar-refractivity contribution in [3.05, 3.63) is 24.3 Å². The maximum atomic E-state index is 12.0. The lowest BCUT2D eigenvalue weighted by Gasteiger charge is -2.31. The summed E-state index contributed by atoms with van der Waals surface area (Å²) in [6, 6.07) is 8.34. The number of carbonyl (C=O) groups excluding carboxylic acids is 3. The van der Waals surface area contributed by atoms with Crippen LogP contribution in [0.3, 0.4) is 0 Å². The first-order valence-electron chi connectivity index (χ1n) is 9.30. The van der Waals surface area contributed by atoms with Gasteiger partial charge < -0.3 is 14.6 Å². The molecule has 0 spiro atoms. The molecule has 4 rings (SSSR count). The lowest BCUT2D eigenvalue weighted by molar-refractivity contribution is -0.142. The first-order valence-corrected chi connectivity index (χ1v) is 9.30. The standard InChI is InChI=1S/C19H22N4O4/c24-16(12-23-17(25)5-6-18(23)26)20-11-13-7-9-22(10-8-13)19-21-14-3-1-2-4-15(14)27-19/h1-4,13H,5-12H2,(H,20,24). The van der Waals surface area contributed by atoms with E-state index in [4.69, 9.17) is 4.42 Å². The number of anilines is 1. The number of amides is 3. The Labute approximate surface area is 156 Å². The lowest BCUT2D eigenvalue weighted by Crippen LogP contribution is -2.43. The second kappa shape index (κ2) is 7.38. The number of aromatic nitrogens is 1. The summed E-state index contributed by atoms with van der Waals surface area (Å²) in [5, 5.41) is 2.85. The summed E-state index contributed by atoms with van der Waals surface area (Å²) in [7, 11) is 0. The number of nitrogens with one attached hydrogen (secondary N) is 1. The molecule has 0 radical (unpaired) electrons. The van der Waals surface area contributed by atoms with Gasteiger partial charge in [0.25, 0.3) is 6.01 Å². The van der Waals surface area contributed by atoms with Gasteiger partial charge in [-0.2, -0.15) is 4.98 Å². The largest absolute Gasteiger partial charge is 0.423 e. The third-order valence-electron chi connectivity index (χ3n) is 5.21. The maximum Gasteiger partial charge on any atom is 0.298 e. The molecule has 3 amide bonds. The molecule has 0 atom stereocenters. The molecule has 2 aliphatic heterocycles. The molecule has 0 bridgehead atoms. The number of imide groups is 1. The van der Waals surface area contributed by atoms with E-state index in [1.807, 2.05) is 24.3 Å². The number of piperidine rings is 1. The summed E-state index contributed by atoms with van der Waals surface area (Å²) in [5.74, 6) is -0.442. The van der Waals surface area contributed by atoms with Crippen molar-refractivity contribution in [1.29, 1.82) is 0 Å². The summed E-state index contributed by atoms with van der Waals surface area (Å²) >= 11 is 0. The SMILES string of the molecule is O=C(CN1C(=O)CCC1=O)NCC1CCN(c2nc3ccccc3o2)CC1. The molecule has 1 aromatic heterocycles. The normalized spacial score (nSPS) is 18.5. The molecule has 2 aromatic rings. The molecule has 142 valence electrons. The molecule has 2 fully saturated rings. The number of benzene rings is 1. The Bertz CT molecular complexity index is 820. The number of fused-ring (bicyclic) bond motifs is 1. The van der Waals surface area contributed by atoms with Crippen LogP contribution >= 0.6 is 0 Å². The quantitative estimate of drug-likeness (QED) is 0.798. The van der Waals surface area contributed by atoms with Gasteiger partial charge in [0.1, 0.15) is 12.1 Å². The number of para-hydroxylation sites is 2. The van der Waals surface area contributed by atoms with E-state index >= 15 is 0 Å². The highest BCUT2D eigenvalue weighted by Gasteiger charge is 2.30. The van der Waals surface area contributed by atoms with Crippen molar-refractivity contribution < 1.29 is 18.8 Å². The zero-order valence-electron chi connectivity index (χ0n) is 15.0. The second-order valence-electron chi connectivity index (χ2n) is 7.07. The zero-order chi connectivity index (χ0) is 18.8. The highest BCUT2D eigenvalue weighted by Crippen LogP contribution is 2.26. The Morgan fingerprint density at radius 3 is 2.56 bits per heavy atom. The zero-order valence-corrected chi connectivity index (χ0v) is 15.0. The molecular formula is C19H22N4O4. The van der Waals surface area contributed by atoms with Crippen LogP contribution in [0.2, 0.25) is 0 Å². The highest BCUT2D eigenvalue weighted by molar-refractivity contribution is 6.04. The van der Waals surface area contributed by atoms with Gasteiger partial charge in [0.2, 0.25) is 17.7 Å². The Morgan fingerprint density at radius 2 is 1.85 bits per heavy atom. The molecule has 27 heavy (non-hydrogen) atoms. The first kappa shape index (κ1) is 17.5. The van der Waals surface area contributed by atoms with Crippen LogP contribution in [0.25, 0.3) is 11.1 Å². The van der Waals surface area contributed by atoms with Crippen molar-refractivity contribution >= 4 is 34.8 Å². The average Bonchev–Trinajstić information content (AvgIpc) is 3.25. The highest BCUT2D eigenvalue weighted by atomic mass is 16.4. The second-order valence-corrected chi connectivity index (χ2v) is 7.07. The van der Waals surface area contributed by atoms with Crippen LogP contribution in [0.4, 0.5) is 6.01 Å². The average molecular weight is 370 g/mol. The fourth-order valence-electron chi connectivity index (χ4n) is 3.58. The molecule has 1 aromatic carbocycles. The van der Waals surface area contributed by atoms with Crippen LogP contribution in [0.15, 0.2) is 28.7 Å². The van der Waals surface area contributed by atoms with E-state index in [0.29, 0.717) is 18.5 Å². The number of hydrogen-bond donors (Lipinski definition) is 1. The predicted molar refractivity (Wildman–Crippen MR) is 97.9 cm³/mol. The third kappa shape index (κ3) is 3.79. The Kier molecular flexibility index (Phi) is 4.79. The van der Waals surface area contributed by atoms with Gasteiger partial charge in [0.05, 0.1) is 0 Å². The van der Waals surface area contributed by atoms with Gasteiger partial charge in [-0.15, -0.1) is 0 Å². The van der Waals surface area contributed by atoms with E-state index < -0.39 is 0 Å². The molecule has 1 N–H and O–H groups in total. The molecule has 3 heterocycles. The van der Waals surface area contributed by atoms with Gasteiger partial charge in [0, 0.05) is 32.5 Å². The minimum atomic E-state index is -0.278. The van der Waals surface area contributed by atoms with Crippen LogP contribution in [0.1, 0.15) is 25.7 Å². The van der Waals surface area contributed by atoms with Gasteiger partial charge >= 0.3 is 0 Å². The number of nitrogens with zero attached hydrogens (tertiary/aromatic N) is 3. The van der Waals surface area contributed by atoms with E-state index in [2.05, 4.69) is 15.2 Å². The number of oxazole rings is 1. The van der Waals surface area contributed by atoms with E-state index in [1.54, 1.807) is 0 Å². The van der Waals surface area contributed by atoms with E-state index in [9.17, 15) is 14.4 Å². The van der Waals surface area contributed by atoms with Crippen LogP contribution < -0.4 is 10.2 Å². The summed E-state index contributed by atoms with van der Waals surface area (Å²) in [6.07, 6.45) is 2.25. The number of likely N-dealkylation sites (tertiary alicyclic amines) is 1. The van der Waals surface area contributed by atoms with Crippen LogP contribution in [-0.4, -0.2) is 53.8 Å². The molecule has 8 heteroatoms. The smallest absolute Gasteiger partial charge is 0.298 e. The fraction of sp³-hybridized carbons (Fsp3) is 0.474. The topological polar surface area (TPSA) is 95.8 Å². The van der Waals surface area contributed by atoms with Crippen molar-refractivity contribution in [2.45, 2.75) is 25.7 Å². The fourth-order valence-corrected chi connectivity index (χ4v) is 3.58. The molecule has 0 unspecified atom stereocenters. The Balaban J connectivity index is 1.24. The lowest BCUT2D eigenvalue weighted by atomic mass is 9.97. The molecule has 8 nitrogen and oxygen atoms in total. The van der Waals surface area contributed by atoms with Crippen LogP contribution in [-0.2, 0) is 14.4 Å². The van der Waals surface area contributed by atoms with Crippen LogP contribution in [0.5, 0.6) is 0 Å². The van der Waals surface area contributed by atoms with Gasteiger partial charge in [-0.3, -0.25) is 19.3 Å². The minimum Gasteiger partial charge on any atom is -0.423 e. The van der Waals surface area contributed by atoms with E-state index in [1.165, 1.54) is 0 Å². The summed E-state index contributed by atoms with van der Waals surface area (Å²) in [5.41, 5.74) is 1.64. The summed E-state index contributed by atoms with van der Waals surface area (Å²) < 4.78 is 5.81. The minimum absolute atomic E-state index is 0.167. The predicted octanol–water partition coefficient (Wildman–Crippen LogP) is 1.31. The van der Waals surface area contributed by atoms with Gasteiger partial charge in [-0.05, 0) is 30.9 Å².